The molecule has 1 nitrogen and oxygen atoms in total. The molecule has 22 heavy (non-hydrogen) atoms. The summed E-state index contributed by atoms with van der Waals surface area (Å²) in [6.07, 6.45) is 9.96. The van der Waals surface area contributed by atoms with Crippen LogP contribution in [0.4, 0.5) is 0 Å². The highest BCUT2D eigenvalue weighted by molar-refractivity contribution is 6.77. The molecule has 0 amide bonds. The van der Waals surface area contributed by atoms with Gasteiger partial charge in [-0.1, -0.05) is 87.1 Å². The Morgan fingerprint density at radius 2 is 1.41 bits per heavy atom. The van der Waals surface area contributed by atoms with E-state index in [9.17, 15) is 0 Å². The van der Waals surface area contributed by atoms with Gasteiger partial charge in [0.05, 0.1) is 6.10 Å². The van der Waals surface area contributed by atoms with Gasteiger partial charge in [-0.05, 0) is 29.1 Å². The van der Waals surface area contributed by atoms with E-state index >= 15 is 0 Å². The van der Waals surface area contributed by atoms with Crippen LogP contribution in [0, 0.1) is 0 Å². The minimum absolute atomic E-state index is 0.206. The first-order valence-corrected chi connectivity index (χ1v) is 11.5. The van der Waals surface area contributed by atoms with Crippen LogP contribution in [-0.2, 0) is 4.43 Å². The highest BCUT2D eigenvalue weighted by atomic mass is 28.4. The summed E-state index contributed by atoms with van der Waals surface area (Å²) in [7, 11) is -1.80. The van der Waals surface area contributed by atoms with E-state index in [1.165, 1.54) is 32.1 Å². The van der Waals surface area contributed by atoms with Crippen molar-refractivity contribution in [1.29, 1.82) is 0 Å². The predicted octanol–water partition coefficient (Wildman–Crippen LogP) is 7.25. The second kappa shape index (κ2) is 11.3. The van der Waals surface area contributed by atoms with Gasteiger partial charge < -0.3 is 4.43 Å². The summed E-state index contributed by atoms with van der Waals surface area (Å²) in [5.74, 6) is 0. The second-order valence-electron chi connectivity index (χ2n) is 7.55. The quantitative estimate of drug-likeness (QED) is 0.209. The minimum atomic E-state index is -1.80. The van der Waals surface area contributed by atoms with Gasteiger partial charge in [-0.25, -0.2) is 0 Å². The van der Waals surface area contributed by atoms with Crippen LogP contribution in [0.2, 0.25) is 16.6 Å². The third-order valence-electron chi connectivity index (χ3n) is 4.96. The summed E-state index contributed by atoms with van der Waals surface area (Å²) in [5.41, 5.74) is 4.88. The van der Waals surface area contributed by atoms with Crippen LogP contribution in [0.25, 0.3) is 0 Å². The van der Waals surface area contributed by atoms with Gasteiger partial charge in [0.2, 0.25) is 8.32 Å². The van der Waals surface area contributed by atoms with Gasteiger partial charge >= 0.3 is 0 Å². The Morgan fingerprint density at radius 1 is 0.909 bits per heavy atom. The lowest BCUT2D eigenvalue weighted by molar-refractivity contribution is 0.203. The summed E-state index contributed by atoms with van der Waals surface area (Å²) in [6.45, 7) is 20.1. The summed E-state index contributed by atoms with van der Waals surface area (Å²) < 4.78 is 6.85. The van der Waals surface area contributed by atoms with Crippen molar-refractivity contribution in [2.24, 2.45) is 0 Å². The fraction of sp³-hybridized carbons (Fsp3) is 0.850. The Balaban J connectivity index is 4.89. The van der Waals surface area contributed by atoms with Crippen molar-refractivity contribution < 1.29 is 4.43 Å². The molecule has 0 aliphatic heterocycles. The standard InChI is InChI=1S/C20H40OSi/c1-9-11-12-13-14-16-20(15-10-2)21-22(17(3)4,18(5)6)19(7)8/h15,17-20H,2,9,11-14,16H2,1,3-8H3. The van der Waals surface area contributed by atoms with E-state index in [0.717, 1.165) is 6.42 Å². The molecule has 0 aliphatic carbocycles. The van der Waals surface area contributed by atoms with Gasteiger partial charge in [-0.3, -0.25) is 0 Å². The van der Waals surface area contributed by atoms with Gasteiger partial charge in [0, 0.05) is 0 Å². The van der Waals surface area contributed by atoms with Crippen LogP contribution in [0.3, 0.4) is 0 Å². The van der Waals surface area contributed by atoms with Crippen molar-refractivity contribution in [2.45, 2.75) is 110 Å². The van der Waals surface area contributed by atoms with Crippen molar-refractivity contribution in [3.8, 4) is 0 Å². The molecule has 130 valence electrons. The van der Waals surface area contributed by atoms with E-state index in [-0.39, 0.29) is 6.10 Å². The summed E-state index contributed by atoms with van der Waals surface area (Å²) >= 11 is 0. The van der Waals surface area contributed by atoms with Crippen LogP contribution in [-0.4, -0.2) is 14.4 Å². The van der Waals surface area contributed by atoms with Crippen LogP contribution in [0.1, 0.15) is 87.0 Å². The molecular formula is C20H40OSi. The topological polar surface area (TPSA) is 9.23 Å². The number of unbranched alkanes of at least 4 members (excludes halogenated alkanes) is 4. The molecule has 0 heterocycles. The highest BCUT2D eigenvalue weighted by Crippen LogP contribution is 2.43. The Hall–Kier alpha value is -0.303. The lowest BCUT2D eigenvalue weighted by Gasteiger charge is -2.44. The largest absolute Gasteiger partial charge is 0.409 e. The van der Waals surface area contributed by atoms with Crippen molar-refractivity contribution in [3.63, 3.8) is 0 Å². The van der Waals surface area contributed by atoms with E-state index in [0.29, 0.717) is 16.6 Å². The van der Waals surface area contributed by atoms with Crippen molar-refractivity contribution in [2.75, 3.05) is 0 Å². The molecule has 2 heteroatoms. The maximum Gasteiger partial charge on any atom is 0.201 e. The smallest absolute Gasteiger partial charge is 0.201 e. The van der Waals surface area contributed by atoms with E-state index in [2.05, 4.69) is 66.9 Å². The van der Waals surface area contributed by atoms with Gasteiger partial charge in [-0.15, -0.1) is 5.73 Å². The first kappa shape index (κ1) is 21.7. The molecule has 0 aromatic heterocycles. The lowest BCUT2D eigenvalue weighted by Crippen LogP contribution is -2.49. The Morgan fingerprint density at radius 3 is 1.82 bits per heavy atom. The Labute approximate surface area is 141 Å². The first-order chi connectivity index (χ1) is 10.3. The molecule has 0 N–H and O–H groups in total. The fourth-order valence-corrected chi connectivity index (χ4v) is 9.45. The zero-order chi connectivity index (χ0) is 17.2. The molecule has 0 fully saturated rings. The van der Waals surface area contributed by atoms with Crippen molar-refractivity contribution in [1.82, 2.24) is 0 Å². The van der Waals surface area contributed by atoms with Crippen LogP contribution in [0.15, 0.2) is 18.4 Å². The molecule has 0 aromatic carbocycles. The van der Waals surface area contributed by atoms with Crippen molar-refractivity contribution >= 4 is 8.32 Å². The summed E-state index contributed by atoms with van der Waals surface area (Å²) in [5, 5.41) is 0. The molecule has 0 spiro atoms. The van der Waals surface area contributed by atoms with E-state index in [1.54, 1.807) is 0 Å². The summed E-state index contributed by atoms with van der Waals surface area (Å²) in [4.78, 5) is 0. The minimum Gasteiger partial charge on any atom is -0.409 e. The average Bonchev–Trinajstić information content (AvgIpc) is 2.42. The van der Waals surface area contributed by atoms with Gasteiger partial charge in [-0.2, -0.15) is 0 Å². The molecule has 0 saturated heterocycles. The fourth-order valence-electron chi connectivity index (χ4n) is 3.93. The third kappa shape index (κ3) is 6.44. The first-order valence-electron chi connectivity index (χ1n) is 9.36. The molecule has 0 aliphatic rings. The molecule has 0 aromatic rings. The van der Waals surface area contributed by atoms with Gasteiger partial charge in [0.15, 0.2) is 0 Å². The molecule has 0 saturated carbocycles. The van der Waals surface area contributed by atoms with Gasteiger partial charge in [0.1, 0.15) is 0 Å². The molecular weight excluding hydrogens is 284 g/mol. The number of hydrogen-bond acceptors (Lipinski definition) is 1. The lowest BCUT2D eigenvalue weighted by atomic mass is 10.1. The molecule has 0 rings (SSSR count). The maximum absolute atomic E-state index is 6.85. The molecule has 0 bridgehead atoms. The van der Waals surface area contributed by atoms with Gasteiger partial charge in [0.25, 0.3) is 0 Å². The second-order valence-corrected chi connectivity index (χ2v) is 13.0. The van der Waals surface area contributed by atoms with Crippen LogP contribution < -0.4 is 0 Å². The van der Waals surface area contributed by atoms with Crippen molar-refractivity contribution in [3.05, 3.63) is 18.4 Å². The number of hydrogen-bond donors (Lipinski definition) is 0. The zero-order valence-electron chi connectivity index (χ0n) is 16.2. The maximum atomic E-state index is 6.85. The van der Waals surface area contributed by atoms with Crippen LogP contribution >= 0.6 is 0 Å². The normalized spacial score (nSPS) is 13.7. The Kier molecular flexibility index (Phi) is 11.1. The van der Waals surface area contributed by atoms with Crippen LogP contribution in [0.5, 0.6) is 0 Å². The zero-order valence-corrected chi connectivity index (χ0v) is 17.2. The highest BCUT2D eigenvalue weighted by Gasteiger charge is 2.46. The number of rotatable bonds is 12. The third-order valence-corrected chi connectivity index (χ3v) is 11.1. The average molecular weight is 325 g/mol. The SMILES string of the molecule is C=C=CC(CCCCCCC)O[Si](C(C)C)(C(C)C)C(C)C. The van der Waals surface area contributed by atoms with E-state index < -0.39 is 8.32 Å². The molecule has 1 unspecified atom stereocenters. The summed E-state index contributed by atoms with van der Waals surface area (Å²) in [6, 6.07) is 0. The monoisotopic (exact) mass is 324 g/mol. The predicted molar refractivity (Wildman–Crippen MR) is 103 cm³/mol. The van der Waals surface area contributed by atoms with E-state index in [4.69, 9.17) is 4.43 Å². The van der Waals surface area contributed by atoms with E-state index in [1.807, 2.05) is 0 Å². The Bertz CT molecular complexity index is 305. The molecule has 1 atom stereocenters. The molecule has 0 radical (unpaired) electrons.